The Morgan fingerprint density at radius 2 is 1.71 bits per heavy atom. The highest BCUT2D eigenvalue weighted by atomic mass is 32.1. The number of hydrogen-bond acceptors (Lipinski definition) is 8. The molecule has 0 aliphatic rings. The van der Waals surface area contributed by atoms with Gasteiger partial charge in [-0.3, -0.25) is 0 Å². The van der Waals surface area contributed by atoms with Crippen molar-refractivity contribution in [3.05, 3.63) is 4.88 Å². The highest BCUT2D eigenvalue weighted by molar-refractivity contribution is 7.19. The molecule has 120 valence electrons. The summed E-state index contributed by atoms with van der Waals surface area (Å²) in [5.41, 5.74) is 6.28. The molecule has 0 unspecified atom stereocenters. The maximum atomic E-state index is 11.8. The molecule has 0 saturated carbocycles. The van der Waals surface area contributed by atoms with Crippen LogP contribution in [0.25, 0.3) is 0 Å². The van der Waals surface area contributed by atoms with E-state index in [0.29, 0.717) is 42.6 Å². The fourth-order valence-electron chi connectivity index (χ4n) is 1.78. The van der Waals surface area contributed by atoms with Crippen molar-refractivity contribution in [2.75, 3.05) is 65.4 Å². The first kappa shape index (κ1) is 17.5. The van der Waals surface area contributed by atoms with Gasteiger partial charge in [-0.15, -0.1) is 11.3 Å². The number of carbonyl (C=O) groups is 1. The van der Waals surface area contributed by atoms with Gasteiger partial charge >= 0.3 is 5.97 Å². The van der Waals surface area contributed by atoms with Crippen LogP contribution in [0.1, 0.15) is 9.67 Å². The second-order valence-corrected chi connectivity index (χ2v) is 5.15. The van der Waals surface area contributed by atoms with Gasteiger partial charge in [0.1, 0.15) is 15.6 Å². The number of esters is 1. The molecule has 0 radical (unpaired) electrons. The largest absolute Gasteiger partial charge is 0.492 e. The van der Waals surface area contributed by atoms with Crippen LogP contribution in [0.2, 0.25) is 0 Å². The standard InChI is InChI=1S/C13H22N2O5S/c1-17-7-5-15(6-8-18-2)12-10(19-3)9(14)11(21-12)13(16)20-4/h5-8,14H2,1-4H3. The van der Waals surface area contributed by atoms with Crippen molar-refractivity contribution in [2.24, 2.45) is 0 Å². The van der Waals surface area contributed by atoms with Gasteiger partial charge in [0.2, 0.25) is 0 Å². The van der Waals surface area contributed by atoms with Crippen LogP contribution in [-0.4, -0.2) is 60.7 Å². The molecule has 0 saturated heterocycles. The lowest BCUT2D eigenvalue weighted by atomic mass is 10.3. The normalized spacial score (nSPS) is 10.5. The number of carbonyl (C=O) groups excluding carboxylic acids is 1. The summed E-state index contributed by atoms with van der Waals surface area (Å²) in [4.78, 5) is 14.1. The van der Waals surface area contributed by atoms with Crippen molar-refractivity contribution in [2.45, 2.75) is 0 Å². The van der Waals surface area contributed by atoms with Crippen LogP contribution in [0.4, 0.5) is 10.7 Å². The Morgan fingerprint density at radius 1 is 1.14 bits per heavy atom. The van der Waals surface area contributed by atoms with Gasteiger partial charge in [-0.1, -0.05) is 0 Å². The molecule has 0 bridgehead atoms. The number of hydrogen-bond donors (Lipinski definition) is 1. The first-order valence-corrected chi connectivity index (χ1v) is 7.19. The number of nitrogens with two attached hydrogens (primary N) is 1. The van der Waals surface area contributed by atoms with E-state index in [4.69, 9.17) is 24.7 Å². The summed E-state index contributed by atoms with van der Waals surface area (Å²) >= 11 is 1.24. The van der Waals surface area contributed by atoms with Crippen LogP contribution in [0.3, 0.4) is 0 Å². The highest BCUT2D eigenvalue weighted by Gasteiger charge is 2.25. The average Bonchev–Trinajstić information content (AvgIpc) is 2.83. The summed E-state index contributed by atoms with van der Waals surface area (Å²) in [6, 6.07) is 0. The minimum atomic E-state index is -0.472. The van der Waals surface area contributed by atoms with Crippen molar-refractivity contribution in [3.63, 3.8) is 0 Å². The molecule has 21 heavy (non-hydrogen) atoms. The molecule has 0 spiro atoms. The quantitative estimate of drug-likeness (QED) is 0.685. The number of anilines is 2. The number of methoxy groups -OCH3 is 4. The van der Waals surface area contributed by atoms with Crippen molar-refractivity contribution in [1.29, 1.82) is 0 Å². The Hall–Kier alpha value is -1.51. The fourth-order valence-corrected chi connectivity index (χ4v) is 2.94. The van der Waals surface area contributed by atoms with Gasteiger partial charge < -0.3 is 29.6 Å². The summed E-state index contributed by atoms with van der Waals surface area (Å²) in [6.45, 7) is 2.35. The van der Waals surface area contributed by atoms with E-state index in [0.717, 1.165) is 5.00 Å². The molecule has 0 aromatic carbocycles. The predicted molar refractivity (Wildman–Crippen MR) is 82.6 cm³/mol. The maximum Gasteiger partial charge on any atom is 0.350 e. The monoisotopic (exact) mass is 318 g/mol. The van der Waals surface area contributed by atoms with Gasteiger partial charge in [0.15, 0.2) is 5.75 Å². The first-order valence-electron chi connectivity index (χ1n) is 6.38. The van der Waals surface area contributed by atoms with E-state index in [1.807, 2.05) is 4.90 Å². The third-order valence-corrected chi connectivity index (χ3v) is 4.10. The van der Waals surface area contributed by atoms with Crippen LogP contribution >= 0.6 is 11.3 Å². The van der Waals surface area contributed by atoms with Gasteiger partial charge in [-0.05, 0) is 0 Å². The molecule has 2 N–H and O–H groups in total. The fraction of sp³-hybridized carbons (Fsp3) is 0.615. The molecule has 0 amide bonds. The van der Waals surface area contributed by atoms with Crippen molar-refractivity contribution in [3.8, 4) is 5.75 Å². The molecule has 8 heteroatoms. The lowest BCUT2D eigenvalue weighted by Crippen LogP contribution is -2.30. The number of ether oxygens (including phenoxy) is 4. The van der Waals surface area contributed by atoms with Crippen LogP contribution in [0, 0.1) is 0 Å². The minimum Gasteiger partial charge on any atom is -0.492 e. The zero-order valence-corrected chi connectivity index (χ0v) is 13.6. The molecule has 0 aliphatic heterocycles. The number of nitrogen functional groups attached to an aromatic ring is 1. The predicted octanol–water partition coefficient (Wildman–Crippen LogP) is 1.22. The summed E-state index contributed by atoms with van der Waals surface area (Å²) in [5.74, 6) is 0.00749. The van der Waals surface area contributed by atoms with Crippen LogP contribution in [0.5, 0.6) is 5.75 Å². The molecule has 7 nitrogen and oxygen atoms in total. The van der Waals surface area contributed by atoms with Crippen molar-refractivity contribution in [1.82, 2.24) is 0 Å². The highest BCUT2D eigenvalue weighted by Crippen LogP contribution is 2.44. The van der Waals surface area contributed by atoms with E-state index < -0.39 is 5.97 Å². The van der Waals surface area contributed by atoms with E-state index in [2.05, 4.69) is 0 Å². The average molecular weight is 318 g/mol. The number of nitrogens with zero attached hydrogens (tertiary/aromatic N) is 1. The number of thiophene rings is 1. The molecule has 0 atom stereocenters. The Kier molecular flexibility index (Phi) is 7.27. The van der Waals surface area contributed by atoms with Crippen molar-refractivity contribution >= 4 is 28.0 Å². The Bertz CT molecular complexity index is 456. The second kappa shape index (κ2) is 8.71. The van der Waals surface area contributed by atoms with Gasteiger partial charge in [0.05, 0.1) is 27.4 Å². The smallest absolute Gasteiger partial charge is 0.350 e. The lowest BCUT2D eigenvalue weighted by Gasteiger charge is -2.23. The summed E-state index contributed by atoms with van der Waals surface area (Å²) < 4.78 is 20.3. The molecule has 1 aromatic rings. The Balaban J connectivity index is 3.12. The van der Waals surface area contributed by atoms with Gasteiger partial charge in [-0.2, -0.15) is 0 Å². The van der Waals surface area contributed by atoms with Gasteiger partial charge in [-0.25, -0.2) is 4.79 Å². The molecule has 0 aliphatic carbocycles. The Labute approximate surface area is 128 Å². The minimum absolute atomic E-state index is 0.296. The summed E-state index contributed by atoms with van der Waals surface area (Å²) in [6.07, 6.45) is 0. The Morgan fingerprint density at radius 3 is 2.14 bits per heavy atom. The van der Waals surface area contributed by atoms with Crippen molar-refractivity contribution < 1.29 is 23.7 Å². The van der Waals surface area contributed by atoms with E-state index in [9.17, 15) is 4.79 Å². The third kappa shape index (κ3) is 4.23. The summed E-state index contributed by atoms with van der Waals surface area (Å²) in [7, 11) is 6.11. The van der Waals surface area contributed by atoms with E-state index in [1.54, 1.807) is 14.2 Å². The topological polar surface area (TPSA) is 83.2 Å². The van der Waals surface area contributed by atoms with E-state index >= 15 is 0 Å². The van der Waals surface area contributed by atoms with E-state index in [1.165, 1.54) is 25.6 Å². The zero-order valence-electron chi connectivity index (χ0n) is 12.8. The zero-order chi connectivity index (χ0) is 15.8. The first-order chi connectivity index (χ1) is 10.1. The second-order valence-electron chi connectivity index (χ2n) is 4.15. The molecule has 1 aromatic heterocycles. The van der Waals surface area contributed by atoms with Gasteiger partial charge in [0, 0.05) is 27.3 Å². The lowest BCUT2D eigenvalue weighted by molar-refractivity contribution is 0.0607. The van der Waals surface area contributed by atoms with Gasteiger partial charge in [0.25, 0.3) is 0 Å². The van der Waals surface area contributed by atoms with Crippen LogP contribution < -0.4 is 15.4 Å². The molecular formula is C13H22N2O5S. The SMILES string of the molecule is COCCN(CCOC)c1sc(C(=O)OC)c(N)c1OC. The van der Waals surface area contributed by atoms with Crippen LogP contribution in [0.15, 0.2) is 0 Å². The molecule has 1 rings (SSSR count). The summed E-state index contributed by atoms with van der Waals surface area (Å²) in [5, 5.41) is 0.768. The number of rotatable bonds is 9. The van der Waals surface area contributed by atoms with E-state index in [-0.39, 0.29) is 0 Å². The molecule has 1 heterocycles. The maximum absolute atomic E-state index is 11.8. The molecule has 0 fully saturated rings. The van der Waals surface area contributed by atoms with Crippen LogP contribution in [-0.2, 0) is 14.2 Å². The third-order valence-electron chi connectivity index (χ3n) is 2.88. The molecular weight excluding hydrogens is 296 g/mol.